The first kappa shape index (κ1) is 14.8. The smallest absolute Gasteiger partial charge is 0.162 e. The van der Waals surface area contributed by atoms with Gasteiger partial charge in [0.25, 0.3) is 0 Å². The summed E-state index contributed by atoms with van der Waals surface area (Å²) in [5.74, 6) is -0.305. The van der Waals surface area contributed by atoms with E-state index in [2.05, 4.69) is 26.1 Å². The Bertz CT molecular complexity index is 567. The van der Waals surface area contributed by atoms with Crippen molar-refractivity contribution in [1.82, 2.24) is 5.32 Å². The van der Waals surface area contributed by atoms with Crippen molar-refractivity contribution in [1.29, 1.82) is 5.26 Å². The summed E-state index contributed by atoms with van der Waals surface area (Å²) < 4.78 is 15.0. The van der Waals surface area contributed by atoms with Crippen LogP contribution in [-0.2, 0) is 0 Å². The van der Waals surface area contributed by atoms with Crippen molar-refractivity contribution in [2.75, 3.05) is 24.5 Å². The third-order valence-corrected chi connectivity index (χ3v) is 5.57. The quantitative estimate of drug-likeness (QED) is 0.840. The van der Waals surface area contributed by atoms with E-state index in [9.17, 15) is 4.39 Å². The second kappa shape index (κ2) is 5.94. The van der Waals surface area contributed by atoms with Crippen LogP contribution in [0.15, 0.2) is 16.6 Å². The van der Waals surface area contributed by atoms with Crippen molar-refractivity contribution >= 4 is 21.6 Å². The van der Waals surface area contributed by atoms with Crippen molar-refractivity contribution in [2.24, 2.45) is 0 Å². The molecule has 0 amide bonds. The monoisotopic (exact) mass is 351 g/mol. The zero-order valence-corrected chi connectivity index (χ0v) is 13.5. The minimum atomic E-state index is -0.305. The summed E-state index contributed by atoms with van der Waals surface area (Å²) in [7, 11) is 0. The summed E-state index contributed by atoms with van der Waals surface area (Å²) in [5.41, 5.74) is 1.01. The van der Waals surface area contributed by atoms with Gasteiger partial charge in [0.05, 0.1) is 21.3 Å². The lowest BCUT2D eigenvalue weighted by Gasteiger charge is -2.51. The van der Waals surface area contributed by atoms with Crippen LogP contribution in [0.3, 0.4) is 0 Å². The molecular weight excluding hydrogens is 333 g/mol. The third kappa shape index (κ3) is 2.56. The van der Waals surface area contributed by atoms with E-state index >= 15 is 0 Å². The molecule has 0 aromatic heterocycles. The van der Waals surface area contributed by atoms with Gasteiger partial charge in [-0.05, 0) is 40.9 Å². The summed E-state index contributed by atoms with van der Waals surface area (Å²) in [4.78, 5) is 2.24. The molecule has 1 N–H and O–H groups in total. The molecule has 0 bridgehead atoms. The number of hydrogen-bond donors (Lipinski definition) is 1. The Kier molecular flexibility index (Phi) is 4.19. The number of nitriles is 1. The number of piperazine rings is 1. The SMILES string of the molecule is N#Cc1ccc(N2CCNCC23CCCCC3)c(F)c1Br. The van der Waals surface area contributed by atoms with Gasteiger partial charge in [-0.3, -0.25) is 0 Å². The van der Waals surface area contributed by atoms with E-state index in [1.165, 1.54) is 19.3 Å². The summed E-state index contributed by atoms with van der Waals surface area (Å²) in [6, 6.07) is 5.49. The molecule has 3 rings (SSSR count). The van der Waals surface area contributed by atoms with Crippen molar-refractivity contribution in [3.63, 3.8) is 0 Å². The molecule has 5 heteroatoms. The molecule has 0 unspecified atom stereocenters. The van der Waals surface area contributed by atoms with Gasteiger partial charge in [0, 0.05) is 19.6 Å². The molecule has 0 atom stereocenters. The lowest BCUT2D eigenvalue weighted by Crippen LogP contribution is -2.62. The molecule has 112 valence electrons. The maximum absolute atomic E-state index is 14.7. The molecular formula is C16H19BrFN3. The summed E-state index contributed by atoms with van der Waals surface area (Å²) in [6.07, 6.45) is 5.90. The molecule has 1 heterocycles. The molecule has 21 heavy (non-hydrogen) atoms. The van der Waals surface area contributed by atoms with E-state index in [4.69, 9.17) is 5.26 Å². The van der Waals surface area contributed by atoms with Crippen molar-refractivity contribution in [2.45, 2.75) is 37.6 Å². The second-order valence-electron chi connectivity index (χ2n) is 5.99. The first-order valence-corrected chi connectivity index (χ1v) is 8.34. The summed E-state index contributed by atoms with van der Waals surface area (Å²) in [5, 5.41) is 12.5. The van der Waals surface area contributed by atoms with Gasteiger partial charge in [-0.2, -0.15) is 5.26 Å². The Morgan fingerprint density at radius 2 is 2.05 bits per heavy atom. The van der Waals surface area contributed by atoms with Gasteiger partial charge in [-0.15, -0.1) is 0 Å². The van der Waals surface area contributed by atoms with Crippen molar-refractivity contribution < 1.29 is 4.39 Å². The summed E-state index contributed by atoms with van der Waals surface area (Å²) in [6.45, 7) is 2.61. The van der Waals surface area contributed by atoms with Crippen LogP contribution in [0.4, 0.5) is 10.1 Å². The predicted octanol–water partition coefficient (Wildman–Crippen LogP) is 3.57. The highest BCUT2D eigenvalue weighted by atomic mass is 79.9. The minimum absolute atomic E-state index is 0.0327. The van der Waals surface area contributed by atoms with E-state index in [-0.39, 0.29) is 15.8 Å². The van der Waals surface area contributed by atoms with Crippen LogP contribution < -0.4 is 10.2 Å². The molecule has 1 aliphatic heterocycles. The number of anilines is 1. The van der Waals surface area contributed by atoms with Crippen LogP contribution in [0, 0.1) is 17.1 Å². The average molecular weight is 352 g/mol. The van der Waals surface area contributed by atoms with Crippen LogP contribution in [0.5, 0.6) is 0 Å². The minimum Gasteiger partial charge on any atom is -0.361 e. The van der Waals surface area contributed by atoms with E-state index in [1.54, 1.807) is 12.1 Å². The molecule has 1 aromatic rings. The zero-order chi connectivity index (χ0) is 14.9. The zero-order valence-electron chi connectivity index (χ0n) is 12.0. The third-order valence-electron chi connectivity index (χ3n) is 4.80. The van der Waals surface area contributed by atoms with Gasteiger partial charge in [-0.1, -0.05) is 19.3 Å². The second-order valence-corrected chi connectivity index (χ2v) is 6.78. The number of hydrogen-bond acceptors (Lipinski definition) is 3. The van der Waals surface area contributed by atoms with Crippen LogP contribution in [0.1, 0.15) is 37.7 Å². The van der Waals surface area contributed by atoms with E-state index in [0.29, 0.717) is 11.3 Å². The number of halogens is 2. The van der Waals surface area contributed by atoms with Crippen molar-refractivity contribution in [3.05, 3.63) is 28.0 Å². The fourth-order valence-corrected chi connectivity index (χ4v) is 4.14. The largest absolute Gasteiger partial charge is 0.361 e. The van der Waals surface area contributed by atoms with E-state index in [0.717, 1.165) is 32.5 Å². The van der Waals surface area contributed by atoms with Gasteiger partial charge < -0.3 is 10.2 Å². The maximum Gasteiger partial charge on any atom is 0.162 e. The topological polar surface area (TPSA) is 39.1 Å². The fraction of sp³-hybridized carbons (Fsp3) is 0.562. The summed E-state index contributed by atoms with van der Waals surface area (Å²) >= 11 is 3.23. The van der Waals surface area contributed by atoms with Gasteiger partial charge >= 0.3 is 0 Å². The Morgan fingerprint density at radius 1 is 1.29 bits per heavy atom. The lowest BCUT2D eigenvalue weighted by atomic mass is 9.78. The lowest BCUT2D eigenvalue weighted by molar-refractivity contribution is 0.239. The standard InChI is InChI=1S/C16H19BrFN3/c17-14-12(10-19)4-5-13(15(14)18)21-9-8-20-11-16(21)6-2-1-3-7-16/h4-5,20H,1-3,6-9,11H2. The molecule has 3 nitrogen and oxygen atoms in total. The van der Waals surface area contributed by atoms with Gasteiger partial charge in [0.1, 0.15) is 6.07 Å². The molecule has 1 saturated carbocycles. The normalized spacial score (nSPS) is 21.3. The van der Waals surface area contributed by atoms with Gasteiger partial charge in [-0.25, -0.2) is 4.39 Å². The Morgan fingerprint density at radius 3 is 2.76 bits per heavy atom. The Hall–Kier alpha value is -1.12. The first-order chi connectivity index (χ1) is 10.2. The number of nitrogens with zero attached hydrogens (tertiary/aromatic N) is 2. The van der Waals surface area contributed by atoms with Gasteiger partial charge in [0.15, 0.2) is 5.82 Å². The van der Waals surface area contributed by atoms with Crippen LogP contribution in [0.2, 0.25) is 0 Å². The number of rotatable bonds is 1. The average Bonchev–Trinajstić information content (AvgIpc) is 2.52. The molecule has 1 aromatic carbocycles. The fourth-order valence-electron chi connectivity index (χ4n) is 3.71. The molecule has 2 aliphatic rings. The van der Waals surface area contributed by atoms with Crippen LogP contribution in [-0.4, -0.2) is 25.2 Å². The molecule has 0 radical (unpaired) electrons. The Labute approximate surface area is 133 Å². The number of benzene rings is 1. The van der Waals surface area contributed by atoms with Crippen LogP contribution in [0.25, 0.3) is 0 Å². The molecule has 1 spiro atoms. The highest BCUT2D eigenvalue weighted by Gasteiger charge is 2.41. The van der Waals surface area contributed by atoms with Crippen molar-refractivity contribution in [3.8, 4) is 6.07 Å². The maximum atomic E-state index is 14.7. The number of nitrogens with one attached hydrogen (secondary N) is 1. The predicted molar refractivity (Wildman–Crippen MR) is 84.8 cm³/mol. The molecule has 2 fully saturated rings. The van der Waals surface area contributed by atoms with Crippen LogP contribution >= 0.6 is 15.9 Å². The molecule has 1 saturated heterocycles. The Balaban J connectivity index is 2.01. The van der Waals surface area contributed by atoms with E-state index in [1.807, 2.05) is 6.07 Å². The molecule has 1 aliphatic carbocycles. The highest BCUT2D eigenvalue weighted by Crippen LogP contribution is 2.40. The van der Waals surface area contributed by atoms with E-state index < -0.39 is 0 Å². The first-order valence-electron chi connectivity index (χ1n) is 7.54. The highest BCUT2D eigenvalue weighted by molar-refractivity contribution is 9.10. The van der Waals surface area contributed by atoms with Gasteiger partial charge in [0.2, 0.25) is 0 Å².